The first kappa shape index (κ1) is 20.0. The number of hydrogen-bond donors (Lipinski definition) is 2. The van der Waals surface area contributed by atoms with E-state index in [4.69, 9.17) is 4.74 Å². The number of Topliss-reactive ketones (excluding diaryl/α,β-unsaturated/α-hetero) is 1. The monoisotopic (exact) mass is 405 g/mol. The van der Waals surface area contributed by atoms with E-state index in [2.05, 4.69) is 24.5 Å². The number of nitrogens with zero attached hydrogens (tertiary/aromatic N) is 1. The lowest BCUT2D eigenvalue weighted by molar-refractivity contribution is -0.118. The summed E-state index contributed by atoms with van der Waals surface area (Å²) in [7, 11) is 3.22. The molecule has 0 bridgehead atoms. The number of methoxy groups -OCH3 is 1. The van der Waals surface area contributed by atoms with Crippen LogP contribution in [0.5, 0.6) is 5.75 Å². The van der Waals surface area contributed by atoms with Crippen LogP contribution in [0.15, 0.2) is 59.8 Å². The fourth-order valence-corrected chi connectivity index (χ4v) is 4.43. The highest BCUT2D eigenvalue weighted by Gasteiger charge is 2.43. The highest BCUT2D eigenvalue weighted by molar-refractivity contribution is 6.05. The quantitative estimate of drug-likeness (QED) is 0.763. The van der Waals surface area contributed by atoms with Crippen LogP contribution in [0.4, 0.5) is 16.2 Å². The van der Waals surface area contributed by atoms with Gasteiger partial charge in [-0.25, -0.2) is 4.79 Å². The summed E-state index contributed by atoms with van der Waals surface area (Å²) in [6.07, 6.45) is 1.18. The van der Waals surface area contributed by atoms with Gasteiger partial charge in [-0.05, 0) is 41.7 Å². The number of fused-ring (bicyclic) bond motifs is 1. The molecule has 2 aliphatic rings. The highest BCUT2D eigenvalue weighted by atomic mass is 16.5. The van der Waals surface area contributed by atoms with Gasteiger partial charge in [0.2, 0.25) is 0 Å². The fourth-order valence-electron chi connectivity index (χ4n) is 4.43. The SMILES string of the molecule is CNC(=O)N1c2ccccc2NC2=C(C(=O)CC(C)(C)C2)C1c1ccc(OC)cc1. The zero-order valence-electron chi connectivity index (χ0n) is 17.8. The van der Waals surface area contributed by atoms with Gasteiger partial charge in [0.25, 0.3) is 0 Å². The summed E-state index contributed by atoms with van der Waals surface area (Å²) in [5.74, 6) is 0.791. The Labute approximate surface area is 176 Å². The number of rotatable bonds is 2. The molecule has 0 aromatic heterocycles. The number of hydrogen-bond acceptors (Lipinski definition) is 4. The van der Waals surface area contributed by atoms with Gasteiger partial charge in [-0.15, -0.1) is 0 Å². The van der Waals surface area contributed by atoms with Gasteiger partial charge in [0.15, 0.2) is 5.78 Å². The maximum Gasteiger partial charge on any atom is 0.322 e. The molecule has 1 aliphatic heterocycles. The van der Waals surface area contributed by atoms with Crippen LogP contribution in [0, 0.1) is 5.41 Å². The number of carbonyl (C=O) groups is 2. The van der Waals surface area contributed by atoms with Crippen LogP contribution in [0.2, 0.25) is 0 Å². The van der Waals surface area contributed by atoms with E-state index < -0.39 is 6.04 Å². The number of ketones is 1. The summed E-state index contributed by atoms with van der Waals surface area (Å²) in [5, 5.41) is 6.24. The zero-order valence-corrected chi connectivity index (χ0v) is 17.8. The Balaban J connectivity index is 1.98. The van der Waals surface area contributed by atoms with E-state index >= 15 is 0 Å². The summed E-state index contributed by atoms with van der Waals surface area (Å²) in [6, 6.07) is 14.4. The van der Waals surface area contributed by atoms with Crippen molar-refractivity contribution in [3.63, 3.8) is 0 Å². The second-order valence-corrected chi connectivity index (χ2v) is 8.58. The number of amides is 2. The number of carbonyl (C=O) groups excluding carboxylic acids is 2. The van der Waals surface area contributed by atoms with Crippen molar-refractivity contribution in [1.82, 2.24) is 5.32 Å². The lowest BCUT2D eigenvalue weighted by atomic mass is 9.73. The third-order valence-corrected chi connectivity index (χ3v) is 5.76. The Morgan fingerprint density at radius 2 is 1.83 bits per heavy atom. The van der Waals surface area contributed by atoms with Gasteiger partial charge >= 0.3 is 6.03 Å². The van der Waals surface area contributed by atoms with Crippen LogP contribution >= 0.6 is 0 Å². The molecule has 6 nitrogen and oxygen atoms in total. The Kier molecular flexibility index (Phi) is 5.02. The molecule has 4 rings (SSSR count). The van der Waals surface area contributed by atoms with Crippen LogP contribution in [0.3, 0.4) is 0 Å². The molecule has 1 unspecified atom stereocenters. The number of benzene rings is 2. The lowest BCUT2D eigenvalue weighted by Gasteiger charge is -2.37. The second kappa shape index (κ2) is 7.52. The molecule has 6 heteroatoms. The molecule has 2 aromatic carbocycles. The molecule has 0 radical (unpaired) electrons. The number of allylic oxidation sites excluding steroid dienone is 1. The molecule has 1 aliphatic carbocycles. The van der Waals surface area contributed by atoms with Crippen molar-refractivity contribution in [3.05, 3.63) is 65.4 Å². The molecule has 0 saturated heterocycles. The molecule has 2 N–H and O–H groups in total. The van der Waals surface area contributed by atoms with Crippen molar-refractivity contribution >= 4 is 23.2 Å². The summed E-state index contributed by atoms with van der Waals surface area (Å²) < 4.78 is 5.30. The second-order valence-electron chi connectivity index (χ2n) is 8.58. The Bertz CT molecular complexity index is 1020. The third kappa shape index (κ3) is 3.43. The molecule has 2 aromatic rings. The molecule has 156 valence electrons. The average Bonchev–Trinajstić information content (AvgIpc) is 2.86. The van der Waals surface area contributed by atoms with Crippen LogP contribution in [0.1, 0.15) is 38.3 Å². The molecule has 0 spiro atoms. The van der Waals surface area contributed by atoms with E-state index in [1.54, 1.807) is 19.1 Å². The summed E-state index contributed by atoms with van der Waals surface area (Å²) in [5.41, 5.74) is 3.80. The van der Waals surface area contributed by atoms with Crippen molar-refractivity contribution in [2.45, 2.75) is 32.7 Å². The fraction of sp³-hybridized carbons (Fsp3) is 0.333. The number of ether oxygens (including phenoxy) is 1. The first-order chi connectivity index (χ1) is 14.3. The summed E-state index contributed by atoms with van der Waals surface area (Å²) in [6.45, 7) is 4.21. The molecular weight excluding hydrogens is 378 g/mol. The maximum absolute atomic E-state index is 13.4. The predicted molar refractivity (Wildman–Crippen MR) is 118 cm³/mol. The Morgan fingerprint density at radius 1 is 1.13 bits per heavy atom. The van der Waals surface area contributed by atoms with E-state index in [0.717, 1.165) is 34.8 Å². The minimum Gasteiger partial charge on any atom is -0.497 e. The minimum atomic E-state index is -0.536. The van der Waals surface area contributed by atoms with Gasteiger partial charge in [-0.2, -0.15) is 0 Å². The molecule has 30 heavy (non-hydrogen) atoms. The van der Waals surface area contributed by atoms with E-state index in [1.807, 2.05) is 48.5 Å². The van der Waals surface area contributed by atoms with Crippen LogP contribution in [0.25, 0.3) is 0 Å². The lowest BCUT2D eigenvalue weighted by Crippen LogP contribution is -2.43. The van der Waals surface area contributed by atoms with E-state index in [9.17, 15) is 9.59 Å². The van der Waals surface area contributed by atoms with Gasteiger partial charge in [-0.3, -0.25) is 9.69 Å². The number of para-hydroxylation sites is 2. The number of nitrogens with one attached hydrogen (secondary N) is 2. The first-order valence-electron chi connectivity index (χ1n) is 10.1. The van der Waals surface area contributed by atoms with Gasteiger partial charge in [-0.1, -0.05) is 38.1 Å². The van der Waals surface area contributed by atoms with Crippen molar-refractivity contribution in [2.24, 2.45) is 5.41 Å². The molecule has 0 fully saturated rings. The number of urea groups is 1. The first-order valence-corrected chi connectivity index (χ1v) is 10.1. The van der Waals surface area contributed by atoms with Crippen LogP contribution in [-0.2, 0) is 4.79 Å². The molecule has 2 amide bonds. The molecular formula is C24H27N3O3. The molecule has 0 saturated carbocycles. The predicted octanol–water partition coefficient (Wildman–Crippen LogP) is 4.65. The van der Waals surface area contributed by atoms with E-state index in [1.165, 1.54) is 0 Å². The van der Waals surface area contributed by atoms with Crippen molar-refractivity contribution < 1.29 is 14.3 Å². The zero-order chi connectivity index (χ0) is 21.5. The highest BCUT2D eigenvalue weighted by Crippen LogP contribution is 2.48. The topological polar surface area (TPSA) is 70.7 Å². The van der Waals surface area contributed by atoms with Crippen molar-refractivity contribution in [3.8, 4) is 5.75 Å². The minimum absolute atomic E-state index is 0.0660. The van der Waals surface area contributed by atoms with Crippen molar-refractivity contribution in [1.29, 1.82) is 0 Å². The van der Waals surface area contributed by atoms with Crippen LogP contribution in [-0.4, -0.2) is 26.0 Å². The van der Waals surface area contributed by atoms with Gasteiger partial charge in [0, 0.05) is 24.7 Å². The largest absolute Gasteiger partial charge is 0.497 e. The smallest absolute Gasteiger partial charge is 0.322 e. The van der Waals surface area contributed by atoms with Crippen LogP contribution < -0.4 is 20.3 Å². The van der Waals surface area contributed by atoms with Gasteiger partial charge in [0.05, 0.1) is 24.5 Å². The van der Waals surface area contributed by atoms with Crippen molar-refractivity contribution in [2.75, 3.05) is 24.4 Å². The number of anilines is 2. The normalized spacial score (nSPS) is 19.9. The van der Waals surface area contributed by atoms with Gasteiger partial charge < -0.3 is 15.4 Å². The third-order valence-electron chi connectivity index (χ3n) is 5.76. The average molecular weight is 405 g/mol. The summed E-state index contributed by atoms with van der Waals surface area (Å²) in [4.78, 5) is 28.2. The van der Waals surface area contributed by atoms with E-state index in [-0.39, 0.29) is 17.2 Å². The van der Waals surface area contributed by atoms with E-state index in [0.29, 0.717) is 12.0 Å². The Hall–Kier alpha value is -3.28. The molecule has 1 heterocycles. The maximum atomic E-state index is 13.4. The Morgan fingerprint density at radius 3 is 2.50 bits per heavy atom. The standard InChI is InChI=1S/C24H27N3O3/c1-24(2)13-18-21(20(28)14-24)22(15-9-11-16(30-4)12-10-15)27(23(29)25-3)19-8-6-5-7-17(19)26-18/h5-12,22,26H,13-14H2,1-4H3,(H,25,29). The summed E-state index contributed by atoms with van der Waals surface area (Å²) >= 11 is 0. The molecule has 1 atom stereocenters. The van der Waals surface area contributed by atoms with Gasteiger partial charge in [0.1, 0.15) is 5.75 Å².